The minimum Gasteiger partial charge on any atom is -0.348 e. The molecule has 150 valence electrons. The molecule has 0 saturated carbocycles. The van der Waals surface area contributed by atoms with Crippen molar-refractivity contribution in [3.05, 3.63) is 59.4 Å². The van der Waals surface area contributed by atoms with Crippen LogP contribution in [0, 0.1) is 6.92 Å². The summed E-state index contributed by atoms with van der Waals surface area (Å²) in [4.78, 5) is 31.0. The van der Waals surface area contributed by atoms with E-state index in [4.69, 9.17) is 0 Å². The number of carbonyl (C=O) groups is 2. The molecule has 28 heavy (non-hydrogen) atoms. The second-order valence-electron chi connectivity index (χ2n) is 7.87. The number of hydrogen-bond donors (Lipinski definition) is 0. The summed E-state index contributed by atoms with van der Waals surface area (Å²) >= 11 is 0. The maximum absolute atomic E-state index is 13.4. The molecular formula is C22H30N4O2. The van der Waals surface area contributed by atoms with Gasteiger partial charge in [-0.15, -0.1) is 0 Å². The third-order valence-electron chi connectivity index (χ3n) is 5.40. The van der Waals surface area contributed by atoms with Crippen LogP contribution in [0.3, 0.4) is 0 Å². The Morgan fingerprint density at radius 1 is 1.11 bits per heavy atom. The predicted molar refractivity (Wildman–Crippen MR) is 110 cm³/mol. The van der Waals surface area contributed by atoms with Crippen molar-refractivity contribution in [1.82, 2.24) is 19.3 Å². The second-order valence-corrected chi connectivity index (χ2v) is 7.87. The smallest absolute Gasteiger partial charge is 0.320 e. The Morgan fingerprint density at radius 2 is 1.82 bits per heavy atom. The maximum atomic E-state index is 13.4. The van der Waals surface area contributed by atoms with E-state index in [0.29, 0.717) is 6.54 Å². The lowest BCUT2D eigenvalue weighted by molar-refractivity contribution is -0.135. The van der Waals surface area contributed by atoms with E-state index in [-0.39, 0.29) is 30.6 Å². The molecule has 1 aliphatic rings. The number of fused-ring (bicyclic) bond motifs is 1. The molecule has 0 radical (unpaired) electrons. The number of nitrogens with zero attached hydrogens (tertiary/aromatic N) is 4. The monoisotopic (exact) mass is 382 g/mol. The van der Waals surface area contributed by atoms with E-state index >= 15 is 0 Å². The first kappa shape index (κ1) is 20.0. The first-order chi connectivity index (χ1) is 13.3. The molecule has 6 heteroatoms. The van der Waals surface area contributed by atoms with Crippen LogP contribution >= 0.6 is 0 Å². The van der Waals surface area contributed by atoms with Crippen LogP contribution in [0.2, 0.25) is 0 Å². The van der Waals surface area contributed by atoms with E-state index in [1.54, 1.807) is 19.0 Å². The third-order valence-corrected chi connectivity index (χ3v) is 5.40. The quantitative estimate of drug-likeness (QED) is 0.816. The van der Waals surface area contributed by atoms with E-state index in [1.807, 2.05) is 36.9 Å². The van der Waals surface area contributed by atoms with Gasteiger partial charge in [-0.1, -0.05) is 24.3 Å². The van der Waals surface area contributed by atoms with Crippen molar-refractivity contribution in [3.8, 4) is 0 Å². The Bertz CT molecular complexity index is 856. The molecule has 2 heterocycles. The number of carbonyl (C=O) groups excluding carboxylic acids is 2. The van der Waals surface area contributed by atoms with Crippen molar-refractivity contribution < 1.29 is 9.59 Å². The summed E-state index contributed by atoms with van der Waals surface area (Å²) in [6.45, 7) is 7.43. The van der Waals surface area contributed by atoms with Crippen molar-refractivity contribution in [2.75, 3.05) is 27.2 Å². The second kappa shape index (κ2) is 8.09. The number of benzene rings is 1. The first-order valence-electron chi connectivity index (χ1n) is 9.79. The first-order valence-corrected chi connectivity index (χ1v) is 9.79. The van der Waals surface area contributed by atoms with Crippen LogP contribution in [0.25, 0.3) is 0 Å². The maximum Gasteiger partial charge on any atom is 0.320 e. The fraction of sp³-hybridized carbons (Fsp3) is 0.455. The highest BCUT2D eigenvalue weighted by molar-refractivity contribution is 5.85. The minimum absolute atomic E-state index is 0.0235. The normalized spacial score (nSPS) is 16.1. The lowest BCUT2D eigenvalue weighted by Crippen LogP contribution is -2.51. The molecule has 0 saturated heterocycles. The largest absolute Gasteiger partial charge is 0.348 e. The number of aryl methyl sites for hydroxylation is 1. The molecule has 0 N–H and O–H groups in total. The van der Waals surface area contributed by atoms with Crippen LogP contribution in [0.4, 0.5) is 4.79 Å². The lowest BCUT2D eigenvalue weighted by Gasteiger charge is -2.39. The summed E-state index contributed by atoms with van der Waals surface area (Å²) in [6, 6.07) is 12.0. The van der Waals surface area contributed by atoms with Crippen molar-refractivity contribution in [2.24, 2.45) is 0 Å². The summed E-state index contributed by atoms with van der Waals surface area (Å²) < 4.78 is 2.21. The van der Waals surface area contributed by atoms with Gasteiger partial charge in [0.25, 0.3) is 0 Å². The van der Waals surface area contributed by atoms with Crippen LogP contribution in [-0.4, -0.2) is 64.4 Å². The molecule has 1 aliphatic heterocycles. The zero-order chi connectivity index (χ0) is 20.4. The van der Waals surface area contributed by atoms with Gasteiger partial charge in [0.1, 0.15) is 6.54 Å². The van der Waals surface area contributed by atoms with Gasteiger partial charge in [0.15, 0.2) is 0 Å². The van der Waals surface area contributed by atoms with Crippen LogP contribution in [-0.2, 0) is 11.3 Å². The molecule has 0 spiro atoms. The van der Waals surface area contributed by atoms with Gasteiger partial charge in [-0.3, -0.25) is 4.79 Å². The average Bonchev–Trinajstić information content (AvgIpc) is 3.13. The van der Waals surface area contributed by atoms with E-state index in [2.05, 4.69) is 35.9 Å². The van der Waals surface area contributed by atoms with Crippen LogP contribution in [0.5, 0.6) is 0 Å². The molecule has 3 amide bonds. The molecule has 0 fully saturated rings. The highest BCUT2D eigenvalue weighted by Crippen LogP contribution is 2.34. The van der Waals surface area contributed by atoms with Gasteiger partial charge < -0.3 is 19.3 Å². The van der Waals surface area contributed by atoms with Gasteiger partial charge in [-0.05, 0) is 44.0 Å². The third kappa shape index (κ3) is 3.77. The van der Waals surface area contributed by atoms with Gasteiger partial charge in [0.05, 0.1) is 6.04 Å². The van der Waals surface area contributed by atoms with E-state index in [0.717, 1.165) is 23.4 Å². The molecule has 0 bridgehead atoms. The fourth-order valence-corrected chi connectivity index (χ4v) is 3.84. The molecule has 1 aromatic carbocycles. The Hall–Kier alpha value is -2.76. The summed E-state index contributed by atoms with van der Waals surface area (Å²) in [6.07, 6.45) is 2.07. The molecular weight excluding hydrogens is 352 g/mol. The molecule has 0 aliphatic carbocycles. The van der Waals surface area contributed by atoms with Gasteiger partial charge in [0, 0.05) is 45.1 Å². The van der Waals surface area contributed by atoms with E-state index in [9.17, 15) is 9.59 Å². The van der Waals surface area contributed by atoms with E-state index in [1.165, 1.54) is 4.90 Å². The molecule has 1 atom stereocenters. The molecule has 3 rings (SSSR count). The summed E-state index contributed by atoms with van der Waals surface area (Å²) in [7, 11) is 3.43. The Balaban J connectivity index is 1.94. The average molecular weight is 383 g/mol. The summed E-state index contributed by atoms with van der Waals surface area (Å²) in [5, 5.41) is 0. The van der Waals surface area contributed by atoms with Crippen molar-refractivity contribution in [3.63, 3.8) is 0 Å². The lowest BCUT2D eigenvalue weighted by atomic mass is 9.95. The topological polar surface area (TPSA) is 48.8 Å². The fourth-order valence-electron chi connectivity index (χ4n) is 3.84. The van der Waals surface area contributed by atoms with Crippen molar-refractivity contribution >= 4 is 11.9 Å². The minimum atomic E-state index is -0.142. The standard InChI is InChI=1S/C22H30N4O2/c1-16(2)26(22(28)23(4)5)15-20(27)25-14-13-24-12-8-11-19(24)21(25)18-10-7-6-9-17(18)3/h6-12,16,21H,13-15H2,1-5H3/t21-/m0/s1. The number of aromatic nitrogens is 1. The highest BCUT2D eigenvalue weighted by Gasteiger charge is 2.34. The SMILES string of the molecule is Cc1ccccc1[C@H]1c2cccn2CCN1C(=O)CN(C(=O)N(C)C)C(C)C. The van der Waals surface area contributed by atoms with Gasteiger partial charge in [-0.25, -0.2) is 4.79 Å². The molecule has 1 aromatic heterocycles. The summed E-state index contributed by atoms with van der Waals surface area (Å²) in [5.74, 6) is -0.0235. The summed E-state index contributed by atoms with van der Waals surface area (Å²) in [5.41, 5.74) is 3.40. The zero-order valence-electron chi connectivity index (χ0n) is 17.4. The Kier molecular flexibility index (Phi) is 5.77. The Labute approximate surface area is 167 Å². The Morgan fingerprint density at radius 3 is 2.46 bits per heavy atom. The molecule has 0 unspecified atom stereocenters. The van der Waals surface area contributed by atoms with Gasteiger partial charge in [0.2, 0.25) is 5.91 Å². The van der Waals surface area contributed by atoms with Gasteiger partial charge in [-0.2, -0.15) is 0 Å². The highest BCUT2D eigenvalue weighted by atomic mass is 16.2. The van der Waals surface area contributed by atoms with Crippen molar-refractivity contribution in [2.45, 2.75) is 39.4 Å². The number of urea groups is 1. The zero-order valence-corrected chi connectivity index (χ0v) is 17.4. The van der Waals surface area contributed by atoms with Crippen LogP contribution < -0.4 is 0 Å². The van der Waals surface area contributed by atoms with Crippen LogP contribution in [0.15, 0.2) is 42.6 Å². The number of amides is 3. The predicted octanol–water partition coefficient (Wildman–Crippen LogP) is 3.12. The van der Waals surface area contributed by atoms with Crippen LogP contribution in [0.1, 0.15) is 36.7 Å². The number of rotatable bonds is 4. The molecule has 6 nitrogen and oxygen atoms in total. The number of hydrogen-bond acceptors (Lipinski definition) is 2. The van der Waals surface area contributed by atoms with Gasteiger partial charge >= 0.3 is 6.03 Å². The molecule has 2 aromatic rings. The van der Waals surface area contributed by atoms with Crippen molar-refractivity contribution in [1.29, 1.82) is 0 Å². The van der Waals surface area contributed by atoms with E-state index < -0.39 is 0 Å².